The van der Waals surface area contributed by atoms with E-state index in [4.69, 9.17) is 85.4 Å². The van der Waals surface area contributed by atoms with Gasteiger partial charge in [-0.1, -0.05) is 135 Å². The summed E-state index contributed by atoms with van der Waals surface area (Å²) < 4.78 is 0. The third-order valence-corrected chi connectivity index (χ3v) is 16.5. The summed E-state index contributed by atoms with van der Waals surface area (Å²) in [6.07, 6.45) is 2.62. The Morgan fingerprint density at radius 1 is 0.506 bits per heavy atom. The van der Waals surface area contributed by atoms with Gasteiger partial charge in [-0.3, -0.25) is 43.6 Å². The van der Waals surface area contributed by atoms with Crippen LogP contribution in [0.5, 0.6) is 0 Å². The molecule has 5 aliphatic heterocycles. The number of halogens is 8. The molecular formula is C57H69BrCl7K2N9O7. The number of nitrogens with zero attached hydrogens (tertiary/aromatic N) is 7. The van der Waals surface area contributed by atoms with E-state index >= 15 is 0 Å². The predicted molar refractivity (Wildman–Crippen MR) is 334 cm³/mol. The van der Waals surface area contributed by atoms with E-state index < -0.39 is 0 Å². The minimum absolute atomic E-state index is 0. The van der Waals surface area contributed by atoms with Gasteiger partial charge in [0, 0.05) is 97.0 Å². The van der Waals surface area contributed by atoms with Crippen LogP contribution >= 0.6 is 97.9 Å². The molecule has 16 nitrogen and oxygen atoms in total. The summed E-state index contributed by atoms with van der Waals surface area (Å²) in [6, 6.07) is 31.2. The molecule has 442 valence electrons. The molecule has 0 atom stereocenters. The van der Waals surface area contributed by atoms with Crippen LogP contribution in [0.2, 0.25) is 30.1 Å². The van der Waals surface area contributed by atoms with Crippen molar-refractivity contribution in [2.75, 3.05) is 131 Å². The molecule has 4 amide bonds. The van der Waals surface area contributed by atoms with Crippen LogP contribution in [0.4, 0.5) is 17.1 Å². The number of piperazine rings is 3. The van der Waals surface area contributed by atoms with Crippen molar-refractivity contribution >= 4 is 145 Å². The molecule has 5 aromatic rings. The van der Waals surface area contributed by atoms with Gasteiger partial charge in [0.1, 0.15) is 0 Å². The molecule has 0 spiro atoms. The molecule has 5 aliphatic rings. The Morgan fingerprint density at radius 3 is 1.13 bits per heavy atom. The van der Waals surface area contributed by atoms with Crippen molar-refractivity contribution < 1.29 is 138 Å². The molecule has 0 aromatic heterocycles. The molecule has 0 aliphatic carbocycles. The topological polar surface area (TPSA) is 178 Å². The first-order valence-electron chi connectivity index (χ1n) is 25.9. The van der Waals surface area contributed by atoms with E-state index in [0.717, 1.165) is 140 Å². The van der Waals surface area contributed by atoms with Crippen LogP contribution in [0.1, 0.15) is 69.5 Å². The second kappa shape index (κ2) is 41.2. The van der Waals surface area contributed by atoms with Crippen molar-refractivity contribution in [2.45, 2.75) is 26.7 Å². The summed E-state index contributed by atoms with van der Waals surface area (Å²) in [7, 11) is 0. The van der Waals surface area contributed by atoms with Crippen LogP contribution in [0.15, 0.2) is 103 Å². The summed E-state index contributed by atoms with van der Waals surface area (Å²) in [5, 5.41) is 16.3. The molecule has 0 bridgehead atoms. The number of carbonyl (C=O) groups is 5. The smallest absolute Gasteiger partial charge is 1.00 e. The number of amides is 4. The zero-order valence-corrected chi connectivity index (χ0v) is 59.0. The Balaban J connectivity index is 0.000000557. The van der Waals surface area contributed by atoms with E-state index in [1.54, 1.807) is 54.6 Å². The normalized spacial score (nSPS) is 15.4. The number of hydrogen-bond donors (Lipinski definition) is 2. The number of imide groups is 2. The zero-order valence-electron chi connectivity index (χ0n) is 46.9. The van der Waals surface area contributed by atoms with Gasteiger partial charge >= 0.3 is 103 Å². The molecule has 5 aromatic carbocycles. The Kier molecular flexibility index (Phi) is 38.7. The fourth-order valence-electron chi connectivity index (χ4n) is 9.41. The molecule has 3 N–H and O–H groups in total. The zero-order chi connectivity index (χ0) is 56.8. The third-order valence-electron chi connectivity index (χ3n) is 13.5. The van der Waals surface area contributed by atoms with Crippen LogP contribution in [0.25, 0.3) is 0 Å². The van der Waals surface area contributed by atoms with Crippen LogP contribution in [-0.2, 0) is 9.68 Å². The van der Waals surface area contributed by atoms with Gasteiger partial charge in [-0.2, -0.15) is 0 Å². The first kappa shape index (κ1) is 77.9. The van der Waals surface area contributed by atoms with Crippen LogP contribution < -0.4 is 134 Å². The average Bonchev–Trinajstić information content (AvgIpc) is 3.89. The number of alkyl halides is 1. The molecule has 10 rings (SSSR count). The molecule has 0 radical (unpaired) electrons. The maximum Gasteiger partial charge on any atom is 1.00 e. The van der Waals surface area contributed by atoms with Crippen molar-refractivity contribution in [3.8, 4) is 0 Å². The first-order chi connectivity index (χ1) is 38.2. The summed E-state index contributed by atoms with van der Waals surface area (Å²) in [5.74, 6) is -0.699. The number of rotatable bonds is 14. The number of fused-ring (bicyclic) bond motifs is 2. The number of nitrogens with one attached hydrogen (secondary N) is 1. The maximum atomic E-state index is 12.4. The van der Waals surface area contributed by atoms with E-state index in [-0.39, 0.29) is 154 Å². The molecule has 3 fully saturated rings. The fraction of sp³-hybridized carbons (Fsp3) is 0.386. The number of hydrogen-bond acceptors (Lipinski definition) is 14. The number of benzene rings is 5. The molecule has 0 unspecified atom stereocenters. The van der Waals surface area contributed by atoms with E-state index in [0.29, 0.717) is 65.5 Å². The molecule has 3 saturated heterocycles. The summed E-state index contributed by atoms with van der Waals surface area (Å²) >= 11 is 40.1. The first-order valence-corrected chi connectivity index (χ1v) is 29.2. The second-order valence-corrected chi connectivity index (χ2v) is 21.6. The quantitative estimate of drug-likeness (QED) is 0.0401. The Bertz CT molecular complexity index is 2790. The van der Waals surface area contributed by atoms with Gasteiger partial charge in [0.2, 0.25) is 0 Å². The summed E-state index contributed by atoms with van der Waals surface area (Å²) in [6.45, 7) is 15.1. The van der Waals surface area contributed by atoms with Crippen LogP contribution in [-0.4, -0.2) is 166 Å². The maximum absolute atomic E-state index is 12.4. The van der Waals surface area contributed by atoms with Crippen LogP contribution in [0, 0.1) is 0 Å². The number of anilines is 3. The standard InChI is InChI=1S/C21H21Cl2N3O2.C13H19Cl2N3.C11H10BrNO2.C10H12Cl2N2.CH2O3.CH4.ClH.2K.H/c22-17-7-3-8-18(19(17)23)25-13-11-24(12-14-25)9-4-10-26-20(27)15-5-1-2-6-16(15)21(26)28;14-11-3-1-4-12(13(11)15)18-9-7-17(8-10-18)6-2-5-16;12-6-3-7-13-10(14)8-4-1-2-5-9(8)11(13)15;11-8-2-1-3-9(10(8)12)14-6-4-13-5-7-14;2-1-4-3;;;;;/h1-3,5-8H,4,9-14H2;1,3-4H,2,5-10,16H2;1-2,4-5H,3,6-7H2;1-3,13H,4-7H2;1,3H;1H4;1H;;;/q;;;;;;;2*+1;-1/p-1. The molecule has 5 heterocycles. The van der Waals surface area contributed by atoms with Gasteiger partial charge in [-0.05, 0) is 99.6 Å². The molecule has 26 heteroatoms. The van der Waals surface area contributed by atoms with Gasteiger partial charge in [0.25, 0.3) is 30.1 Å². The van der Waals surface area contributed by atoms with Crippen molar-refractivity contribution in [1.29, 1.82) is 0 Å². The van der Waals surface area contributed by atoms with Crippen molar-refractivity contribution in [1.82, 2.24) is 24.9 Å². The molecule has 83 heavy (non-hydrogen) atoms. The summed E-state index contributed by atoms with van der Waals surface area (Å²) in [5.41, 5.74) is 10.7. The van der Waals surface area contributed by atoms with Gasteiger partial charge < -0.3 is 37.3 Å². The fourth-order valence-corrected chi connectivity index (χ4v) is 10.9. The monoisotopic (exact) mass is 1390 g/mol. The Labute approximate surface area is 619 Å². The predicted octanol–water partition coefficient (Wildman–Crippen LogP) is 4.35. The SMILES string of the molecule is C.Cl.Clc1cccc(N2CCNCC2)c1Cl.NCCCN1CCN(c2cccc(Cl)c2Cl)CC1.O=C1c2ccccc2C(=O)N1CCCBr.O=C1c2ccccc2C(=O)N1CCCN1CCN(c2cccc(Cl)c2Cl)CC1.O=CO[O-].[H-].[K+].[K+]. The van der Waals surface area contributed by atoms with Crippen molar-refractivity contribution in [2.24, 2.45) is 5.73 Å². The van der Waals surface area contributed by atoms with E-state index in [1.807, 2.05) is 48.5 Å². The average molecular weight is 1400 g/mol. The minimum Gasteiger partial charge on any atom is -1.00 e. The molecule has 0 saturated carbocycles. The van der Waals surface area contributed by atoms with Crippen LogP contribution in [0.3, 0.4) is 0 Å². The largest absolute Gasteiger partial charge is 1.00 e. The Morgan fingerprint density at radius 2 is 0.819 bits per heavy atom. The Hall–Kier alpha value is -1.17. The van der Waals surface area contributed by atoms with Crippen molar-refractivity contribution in [3.05, 3.63) is 156 Å². The van der Waals surface area contributed by atoms with E-state index in [9.17, 15) is 19.2 Å². The number of nitrogens with two attached hydrogens (primary N) is 1. The second-order valence-electron chi connectivity index (χ2n) is 18.5. The number of carbonyl (C=O) groups excluding carboxylic acids is 5. The van der Waals surface area contributed by atoms with Crippen molar-refractivity contribution in [3.63, 3.8) is 0 Å². The van der Waals surface area contributed by atoms with Gasteiger partial charge in [0.15, 0.2) is 0 Å². The third kappa shape index (κ3) is 22.4. The van der Waals surface area contributed by atoms with E-state index in [1.165, 1.54) is 9.80 Å². The van der Waals surface area contributed by atoms with Gasteiger partial charge in [-0.25, -0.2) is 0 Å². The molecular weight excluding hydrogens is 1330 g/mol. The van der Waals surface area contributed by atoms with Gasteiger partial charge in [-0.15, -0.1) is 12.4 Å². The summed E-state index contributed by atoms with van der Waals surface area (Å²) in [4.78, 5) is 74.0. The van der Waals surface area contributed by atoms with E-state index in [2.05, 4.69) is 50.6 Å². The minimum atomic E-state index is -0.181. The van der Waals surface area contributed by atoms with Gasteiger partial charge in [0.05, 0.1) is 69.5 Å².